The van der Waals surface area contributed by atoms with Gasteiger partial charge in [-0.15, -0.1) is 0 Å². The van der Waals surface area contributed by atoms with Gasteiger partial charge in [-0.05, 0) is 22.9 Å². The van der Waals surface area contributed by atoms with Crippen LogP contribution in [0.5, 0.6) is 0 Å². The molecule has 4 aromatic carbocycles. The van der Waals surface area contributed by atoms with Gasteiger partial charge in [0.1, 0.15) is 0 Å². The molecular weight excluding hydrogens is 409 g/mol. The van der Waals surface area contributed by atoms with Crippen molar-refractivity contribution in [2.24, 2.45) is 0 Å². The molecule has 0 bridgehead atoms. The van der Waals surface area contributed by atoms with Gasteiger partial charge in [0.2, 0.25) is 0 Å². The van der Waals surface area contributed by atoms with Crippen LogP contribution in [0.4, 0.5) is 0 Å². The van der Waals surface area contributed by atoms with Crippen molar-refractivity contribution in [1.29, 1.82) is 0 Å². The van der Waals surface area contributed by atoms with Gasteiger partial charge in [0.25, 0.3) is 0 Å². The Labute approximate surface area is 156 Å². The summed E-state index contributed by atoms with van der Waals surface area (Å²) in [4.78, 5) is 6.18. The standard InChI is InChI=1S/C18H6S6/c1-2-4-8-7(3-1)15-13-14-16(8)22-24-18(14)12-10(20-24)6-5-9-11(12)17(13)23(19-9)21-15/h1-6H. The first kappa shape index (κ1) is 13.0. The van der Waals surface area contributed by atoms with E-state index in [9.17, 15) is 0 Å². The fraction of sp³-hybridized carbons (Fsp3) is 0. The van der Waals surface area contributed by atoms with E-state index in [1.165, 1.54) is 20.6 Å². The summed E-state index contributed by atoms with van der Waals surface area (Å²) in [5, 5.41) is 9.42. The number of fused-ring (bicyclic) bond motifs is 3. The summed E-state index contributed by atoms with van der Waals surface area (Å²) < 4.78 is 3.34. The molecule has 0 aliphatic carbocycles. The molecule has 8 rings (SSSR count). The molecule has 0 amide bonds. The largest absolute Gasteiger partial charge is 0.0616 e. The van der Waals surface area contributed by atoms with Crippen molar-refractivity contribution in [3.8, 4) is 0 Å². The Morgan fingerprint density at radius 1 is 0.542 bits per heavy atom. The number of hydrogen-bond donors (Lipinski definition) is 0. The third-order valence-corrected chi connectivity index (χ3v) is 17.8. The lowest BCUT2D eigenvalue weighted by Crippen LogP contribution is -1.87. The van der Waals surface area contributed by atoms with Gasteiger partial charge in [-0.25, -0.2) is 0 Å². The van der Waals surface area contributed by atoms with Gasteiger partial charge < -0.3 is 0 Å². The Kier molecular flexibility index (Phi) is 2.18. The first-order valence-corrected chi connectivity index (χ1v) is 15.4. The van der Waals surface area contributed by atoms with Crippen molar-refractivity contribution < 1.29 is 0 Å². The molecule has 6 heteroatoms. The quantitative estimate of drug-likeness (QED) is 0.161. The lowest BCUT2D eigenvalue weighted by Gasteiger charge is -2.13. The zero-order valence-corrected chi connectivity index (χ0v) is 16.8. The normalized spacial score (nSPS) is 24.0. The van der Waals surface area contributed by atoms with Crippen LogP contribution < -0.4 is 0 Å². The number of benzene rings is 4. The summed E-state index contributed by atoms with van der Waals surface area (Å²) in [5.41, 5.74) is 0. The predicted octanol–water partition coefficient (Wildman–Crippen LogP) is 8.27. The second-order valence-electron chi connectivity index (χ2n) is 6.23. The fourth-order valence-electron chi connectivity index (χ4n) is 4.23. The summed E-state index contributed by atoms with van der Waals surface area (Å²) in [5.74, 6) is 0. The van der Waals surface area contributed by atoms with Crippen LogP contribution in [0, 0.1) is 9.02 Å². The zero-order chi connectivity index (χ0) is 15.2. The average Bonchev–Trinajstić information content (AvgIpc) is 3.31. The molecule has 4 aliphatic rings. The monoisotopic (exact) mass is 414 g/mol. The Morgan fingerprint density at radius 3 is 1.54 bits per heavy atom. The molecule has 0 saturated heterocycles. The summed E-state index contributed by atoms with van der Waals surface area (Å²) in [6.45, 7) is 0. The first-order chi connectivity index (χ1) is 11.9. The summed E-state index contributed by atoms with van der Waals surface area (Å²) in [7, 11) is 8.97. The SMILES string of the molecule is c1ccc2c3c4c5c6c(ccc7c6c6c4c(c2c1)SS=6S7)SS=5S3. The molecule has 4 aromatic rings. The summed E-state index contributed by atoms with van der Waals surface area (Å²) in [6.07, 6.45) is 0. The van der Waals surface area contributed by atoms with Crippen molar-refractivity contribution in [2.45, 2.75) is 19.6 Å². The van der Waals surface area contributed by atoms with Gasteiger partial charge in [-0.1, -0.05) is 84.5 Å². The molecule has 4 aliphatic heterocycles. The first-order valence-electron chi connectivity index (χ1n) is 7.63. The van der Waals surface area contributed by atoms with Crippen LogP contribution in [-0.4, -0.2) is 0 Å². The average molecular weight is 415 g/mol. The Hall–Kier alpha value is -0.240. The van der Waals surface area contributed by atoms with Crippen LogP contribution in [-0.2, 0) is 0 Å². The summed E-state index contributed by atoms with van der Waals surface area (Å²) >= 11 is 0. The van der Waals surface area contributed by atoms with E-state index in [0.29, 0.717) is 0 Å². The minimum Gasteiger partial charge on any atom is -0.0616 e. The molecule has 0 nitrogen and oxygen atoms in total. The van der Waals surface area contributed by atoms with Crippen LogP contribution >= 0.6 is 60.3 Å². The summed E-state index contributed by atoms with van der Waals surface area (Å²) in [6, 6.07) is 13.9. The molecule has 0 aromatic heterocycles. The fourth-order valence-corrected chi connectivity index (χ4v) is 19.1. The molecule has 4 heterocycles. The molecule has 0 N–H and O–H groups in total. The predicted molar refractivity (Wildman–Crippen MR) is 115 cm³/mol. The molecule has 0 saturated carbocycles. The van der Waals surface area contributed by atoms with Gasteiger partial charge in [0.15, 0.2) is 0 Å². The lowest BCUT2D eigenvalue weighted by molar-refractivity contribution is 1.45. The minimum atomic E-state index is 0.250. The van der Waals surface area contributed by atoms with E-state index in [2.05, 4.69) is 79.6 Å². The van der Waals surface area contributed by atoms with Crippen molar-refractivity contribution in [2.75, 3.05) is 0 Å². The van der Waals surface area contributed by atoms with Crippen LogP contribution in [0.15, 0.2) is 56.0 Å². The smallest absolute Gasteiger partial charge is 0.0368 e. The van der Waals surface area contributed by atoms with Crippen molar-refractivity contribution >= 4 is 92.6 Å². The maximum absolute atomic E-state index is 2.38. The Morgan fingerprint density at radius 2 is 1.04 bits per heavy atom. The van der Waals surface area contributed by atoms with Crippen molar-refractivity contribution in [3.05, 3.63) is 45.4 Å². The van der Waals surface area contributed by atoms with Gasteiger partial charge in [0, 0.05) is 50.1 Å². The topological polar surface area (TPSA) is 0 Å². The molecular formula is C18H6S6. The molecule has 2 unspecified atom stereocenters. The highest BCUT2D eigenvalue weighted by Gasteiger charge is 2.36. The third kappa shape index (κ3) is 1.22. The van der Waals surface area contributed by atoms with Crippen molar-refractivity contribution in [1.82, 2.24) is 0 Å². The van der Waals surface area contributed by atoms with E-state index in [0.717, 1.165) is 0 Å². The van der Waals surface area contributed by atoms with E-state index in [-0.39, 0.29) is 17.1 Å². The number of rotatable bonds is 0. The maximum atomic E-state index is 2.38. The lowest BCUT2D eigenvalue weighted by atomic mass is 9.99. The molecule has 0 spiro atoms. The van der Waals surface area contributed by atoms with Crippen LogP contribution in [0.1, 0.15) is 0 Å². The van der Waals surface area contributed by atoms with E-state index in [4.69, 9.17) is 0 Å². The Balaban J connectivity index is 1.89. The highest BCUT2D eigenvalue weighted by atomic mass is 33.5. The van der Waals surface area contributed by atoms with Gasteiger partial charge in [-0.3, -0.25) is 0 Å². The van der Waals surface area contributed by atoms with Gasteiger partial charge in [0.05, 0.1) is 0 Å². The van der Waals surface area contributed by atoms with Crippen LogP contribution in [0.25, 0.3) is 32.3 Å². The van der Waals surface area contributed by atoms with Crippen LogP contribution in [0.2, 0.25) is 0 Å². The third-order valence-electron chi connectivity index (χ3n) is 5.14. The molecule has 0 fully saturated rings. The number of hydrogen-bond acceptors (Lipinski definition) is 4. The van der Waals surface area contributed by atoms with E-state index >= 15 is 0 Å². The highest BCUT2D eigenvalue weighted by molar-refractivity contribution is 9.14. The molecule has 2 atom stereocenters. The maximum Gasteiger partial charge on any atom is 0.0368 e. The van der Waals surface area contributed by atoms with Gasteiger partial charge >= 0.3 is 0 Å². The van der Waals surface area contributed by atoms with E-state index < -0.39 is 0 Å². The molecule has 114 valence electrons. The molecule has 24 heavy (non-hydrogen) atoms. The Bertz CT molecular complexity index is 1380. The van der Waals surface area contributed by atoms with E-state index in [1.54, 1.807) is 40.4 Å². The van der Waals surface area contributed by atoms with Gasteiger partial charge in [-0.2, -0.15) is 0 Å². The second-order valence-corrected chi connectivity index (χ2v) is 17.6. The van der Waals surface area contributed by atoms with Crippen molar-refractivity contribution in [3.63, 3.8) is 0 Å². The van der Waals surface area contributed by atoms with E-state index in [1.807, 2.05) is 0 Å². The zero-order valence-electron chi connectivity index (χ0n) is 11.9. The molecule has 0 radical (unpaired) electrons. The van der Waals surface area contributed by atoms with Crippen LogP contribution in [0.3, 0.4) is 0 Å². The minimum absolute atomic E-state index is 0.250. The second kappa shape index (κ2) is 4.02. The highest BCUT2D eigenvalue weighted by Crippen LogP contribution is 2.74.